The number of benzene rings is 1. The molecular formula is C17H19N3O3S2. The van der Waals surface area contributed by atoms with Gasteiger partial charge in [0.25, 0.3) is 5.24 Å². The summed E-state index contributed by atoms with van der Waals surface area (Å²) in [5, 5.41) is 5.29. The number of aryl methyl sites for hydroxylation is 1. The number of likely N-dealkylation sites (N-methyl/N-ethyl adjacent to an activating group) is 1. The Bertz CT molecular complexity index is 761. The van der Waals surface area contributed by atoms with E-state index in [2.05, 4.69) is 15.2 Å². The summed E-state index contributed by atoms with van der Waals surface area (Å²) in [6.07, 6.45) is 0.504. The van der Waals surface area contributed by atoms with Crippen molar-refractivity contribution in [3.63, 3.8) is 0 Å². The van der Waals surface area contributed by atoms with Gasteiger partial charge < -0.3 is 15.0 Å². The minimum absolute atomic E-state index is 0.120. The molecule has 0 radical (unpaired) electrons. The van der Waals surface area contributed by atoms with E-state index >= 15 is 0 Å². The van der Waals surface area contributed by atoms with Gasteiger partial charge in [0.15, 0.2) is 5.13 Å². The first kappa shape index (κ1) is 17.8. The van der Waals surface area contributed by atoms with Crippen molar-refractivity contribution in [2.24, 2.45) is 0 Å². The van der Waals surface area contributed by atoms with Crippen LogP contribution in [-0.2, 0) is 11.2 Å². The fourth-order valence-electron chi connectivity index (χ4n) is 2.40. The fraction of sp³-hybridized carbons (Fsp3) is 0.353. The number of hydrogen-bond donors (Lipinski definition) is 1. The Morgan fingerprint density at radius 3 is 2.64 bits per heavy atom. The van der Waals surface area contributed by atoms with E-state index in [0.717, 1.165) is 40.4 Å². The van der Waals surface area contributed by atoms with E-state index in [1.54, 1.807) is 11.3 Å². The highest BCUT2D eigenvalue weighted by Crippen LogP contribution is 2.21. The zero-order chi connectivity index (χ0) is 17.8. The maximum atomic E-state index is 11.6. The van der Waals surface area contributed by atoms with Gasteiger partial charge in [0, 0.05) is 30.6 Å². The molecule has 1 aliphatic rings. The molecule has 1 aliphatic heterocycles. The van der Waals surface area contributed by atoms with Gasteiger partial charge in [-0.3, -0.25) is 9.59 Å². The second-order valence-electron chi connectivity index (χ2n) is 5.80. The van der Waals surface area contributed by atoms with Gasteiger partial charge in [0.2, 0.25) is 5.12 Å². The van der Waals surface area contributed by atoms with Crippen molar-refractivity contribution >= 4 is 38.6 Å². The molecule has 1 aromatic heterocycles. The first-order valence-electron chi connectivity index (χ1n) is 7.88. The predicted molar refractivity (Wildman–Crippen MR) is 101 cm³/mol. The number of amides is 1. The quantitative estimate of drug-likeness (QED) is 0.800. The zero-order valence-corrected chi connectivity index (χ0v) is 15.7. The third-order valence-corrected chi connectivity index (χ3v) is 5.62. The normalized spacial score (nSPS) is 16.8. The predicted octanol–water partition coefficient (Wildman–Crippen LogP) is 2.86. The summed E-state index contributed by atoms with van der Waals surface area (Å²) in [5.41, 5.74) is 2.02. The molecule has 1 amide bonds. The van der Waals surface area contributed by atoms with Crippen LogP contribution in [0.25, 0.3) is 0 Å². The molecule has 132 valence electrons. The molecular weight excluding hydrogens is 358 g/mol. The largest absolute Gasteiger partial charge is 0.492 e. The average Bonchev–Trinajstić information content (AvgIpc) is 3.14. The highest BCUT2D eigenvalue weighted by atomic mass is 32.2. The molecule has 1 fully saturated rings. The fourth-order valence-corrected chi connectivity index (χ4v) is 3.86. The van der Waals surface area contributed by atoms with Crippen LogP contribution in [0.3, 0.4) is 0 Å². The molecule has 2 heterocycles. The Hall–Kier alpha value is -2.06. The van der Waals surface area contributed by atoms with Crippen LogP contribution in [0, 0.1) is 6.92 Å². The van der Waals surface area contributed by atoms with E-state index in [0.29, 0.717) is 13.0 Å². The number of aromatic nitrogens is 1. The van der Waals surface area contributed by atoms with Crippen LogP contribution in [0.15, 0.2) is 29.6 Å². The van der Waals surface area contributed by atoms with Gasteiger partial charge >= 0.3 is 0 Å². The van der Waals surface area contributed by atoms with Crippen LogP contribution >= 0.6 is 23.1 Å². The molecule has 1 N–H and O–H groups in total. The van der Waals surface area contributed by atoms with E-state index in [4.69, 9.17) is 4.74 Å². The summed E-state index contributed by atoms with van der Waals surface area (Å²) < 4.78 is 5.76. The monoisotopic (exact) mass is 377 g/mol. The molecule has 0 spiro atoms. The Balaban J connectivity index is 1.46. The lowest BCUT2D eigenvalue weighted by atomic mass is 10.1. The number of carbonyl (C=O) groups excluding carboxylic acids is 2. The Kier molecular flexibility index (Phi) is 5.60. The second-order valence-corrected chi connectivity index (χ2v) is 7.61. The van der Waals surface area contributed by atoms with Gasteiger partial charge in [-0.25, -0.2) is 4.98 Å². The molecule has 3 rings (SSSR count). The number of nitrogens with one attached hydrogen (secondary N) is 1. The number of carbonyl (C=O) groups is 2. The van der Waals surface area contributed by atoms with Gasteiger partial charge in [-0.1, -0.05) is 12.1 Å². The van der Waals surface area contributed by atoms with Crippen molar-refractivity contribution < 1.29 is 14.3 Å². The molecule has 1 saturated heterocycles. The number of hydrogen-bond acceptors (Lipinski definition) is 7. The van der Waals surface area contributed by atoms with Crippen molar-refractivity contribution in [1.29, 1.82) is 0 Å². The van der Waals surface area contributed by atoms with Crippen LogP contribution in [0.5, 0.6) is 5.75 Å². The van der Waals surface area contributed by atoms with Gasteiger partial charge in [0.05, 0.1) is 12.2 Å². The Labute approximate surface area is 154 Å². The summed E-state index contributed by atoms with van der Waals surface area (Å²) in [6.45, 7) is 3.28. The lowest BCUT2D eigenvalue weighted by Crippen LogP contribution is -2.30. The van der Waals surface area contributed by atoms with Gasteiger partial charge in [-0.05, 0) is 24.6 Å². The van der Waals surface area contributed by atoms with Gasteiger partial charge in [0.1, 0.15) is 18.4 Å². The highest BCUT2D eigenvalue weighted by molar-refractivity contribution is 8.26. The Morgan fingerprint density at radius 2 is 2.04 bits per heavy atom. The first-order valence-corrected chi connectivity index (χ1v) is 9.58. The minimum atomic E-state index is -0.431. The summed E-state index contributed by atoms with van der Waals surface area (Å²) in [7, 11) is 2.00. The minimum Gasteiger partial charge on any atom is -0.492 e. The third-order valence-electron chi connectivity index (χ3n) is 3.76. The highest BCUT2D eigenvalue weighted by Gasteiger charge is 2.31. The molecule has 6 nitrogen and oxygen atoms in total. The van der Waals surface area contributed by atoms with Crippen molar-refractivity contribution in [3.05, 3.63) is 40.9 Å². The number of rotatable bonds is 7. The van der Waals surface area contributed by atoms with Crippen LogP contribution < -0.4 is 15.0 Å². The maximum Gasteiger partial charge on any atom is 0.287 e. The van der Waals surface area contributed by atoms with Crippen molar-refractivity contribution in [3.8, 4) is 5.75 Å². The van der Waals surface area contributed by atoms with Crippen LogP contribution in [0.2, 0.25) is 0 Å². The van der Waals surface area contributed by atoms with Gasteiger partial charge in [-0.2, -0.15) is 0 Å². The number of anilines is 1. The summed E-state index contributed by atoms with van der Waals surface area (Å²) in [4.78, 5) is 29.3. The third kappa shape index (κ3) is 4.73. The summed E-state index contributed by atoms with van der Waals surface area (Å²) in [5.74, 6) is 0.781. The molecule has 0 aliphatic carbocycles. The number of thiazole rings is 1. The first-order chi connectivity index (χ1) is 12.0. The standard InChI is InChI=1S/C17H19N3O3S2/c1-11-10-24-16(18-11)20(2)7-8-23-13-5-3-12(4-6-13)9-14-15(21)25-17(22)19-14/h3-6,10,14H,7-9H2,1-2H3,(H,19,22). The molecule has 8 heteroatoms. The second kappa shape index (κ2) is 7.88. The van der Waals surface area contributed by atoms with Crippen LogP contribution in [0.4, 0.5) is 9.93 Å². The zero-order valence-electron chi connectivity index (χ0n) is 14.0. The topological polar surface area (TPSA) is 71.5 Å². The molecule has 1 atom stereocenters. The SMILES string of the molecule is Cc1csc(N(C)CCOc2ccc(CC3NC(=O)SC3=O)cc2)n1. The molecule has 0 bridgehead atoms. The van der Waals surface area contributed by atoms with E-state index in [1.165, 1.54) is 0 Å². The molecule has 2 aromatic rings. The van der Waals surface area contributed by atoms with Crippen molar-refractivity contribution in [2.75, 3.05) is 25.1 Å². The van der Waals surface area contributed by atoms with E-state index in [1.807, 2.05) is 43.6 Å². The smallest absolute Gasteiger partial charge is 0.287 e. The van der Waals surface area contributed by atoms with E-state index < -0.39 is 6.04 Å². The molecule has 0 saturated carbocycles. The number of thioether (sulfide) groups is 1. The van der Waals surface area contributed by atoms with Crippen molar-refractivity contribution in [1.82, 2.24) is 10.3 Å². The summed E-state index contributed by atoms with van der Waals surface area (Å²) in [6, 6.07) is 7.19. The van der Waals surface area contributed by atoms with E-state index in [9.17, 15) is 9.59 Å². The van der Waals surface area contributed by atoms with Gasteiger partial charge in [-0.15, -0.1) is 11.3 Å². The lowest BCUT2D eigenvalue weighted by Gasteiger charge is -2.16. The molecule has 1 aromatic carbocycles. The van der Waals surface area contributed by atoms with Crippen LogP contribution in [0.1, 0.15) is 11.3 Å². The summed E-state index contributed by atoms with van der Waals surface area (Å²) >= 11 is 2.36. The maximum absolute atomic E-state index is 11.6. The lowest BCUT2D eigenvalue weighted by molar-refractivity contribution is -0.112. The molecule has 1 unspecified atom stereocenters. The molecule has 25 heavy (non-hydrogen) atoms. The average molecular weight is 377 g/mol. The number of nitrogens with zero attached hydrogens (tertiary/aromatic N) is 2. The van der Waals surface area contributed by atoms with E-state index in [-0.39, 0.29) is 10.4 Å². The van der Waals surface area contributed by atoms with Crippen molar-refractivity contribution in [2.45, 2.75) is 19.4 Å². The Morgan fingerprint density at radius 1 is 1.28 bits per heavy atom. The van der Waals surface area contributed by atoms with Crippen LogP contribution in [-0.4, -0.2) is 41.6 Å². The number of ether oxygens (including phenoxy) is 1.